The van der Waals surface area contributed by atoms with Gasteiger partial charge in [-0.05, 0) is 31.2 Å². The van der Waals surface area contributed by atoms with E-state index in [0.29, 0.717) is 5.58 Å². The van der Waals surface area contributed by atoms with Gasteiger partial charge in [-0.3, -0.25) is 4.79 Å². The van der Waals surface area contributed by atoms with Gasteiger partial charge in [-0.2, -0.15) is 0 Å². The van der Waals surface area contributed by atoms with Crippen molar-refractivity contribution in [1.29, 1.82) is 0 Å². The quantitative estimate of drug-likeness (QED) is 0.510. The highest BCUT2D eigenvalue weighted by molar-refractivity contribution is 7.18. The van der Waals surface area contributed by atoms with Crippen molar-refractivity contribution in [3.8, 4) is 0 Å². The van der Waals surface area contributed by atoms with Crippen molar-refractivity contribution in [1.82, 2.24) is 9.88 Å². The molecule has 2 aromatic carbocycles. The Balaban J connectivity index is 1.69. The Kier molecular flexibility index (Phi) is 4.05. The Morgan fingerprint density at radius 2 is 1.88 bits per heavy atom. The zero-order valence-corrected chi connectivity index (χ0v) is 15.1. The first kappa shape index (κ1) is 16.5. The van der Waals surface area contributed by atoms with Crippen molar-refractivity contribution in [3.05, 3.63) is 75.6 Å². The molecule has 0 N–H and O–H groups in total. The Morgan fingerprint density at radius 1 is 1.15 bits per heavy atom. The molecule has 1 amide bonds. The van der Waals surface area contributed by atoms with Crippen LogP contribution in [0.15, 0.2) is 63.8 Å². The molecule has 2 heterocycles. The van der Waals surface area contributed by atoms with Crippen LogP contribution in [0.5, 0.6) is 0 Å². The second-order valence-electron chi connectivity index (χ2n) is 6.10. The predicted molar refractivity (Wildman–Crippen MR) is 103 cm³/mol. The molecular weight excluding hydrogens is 348 g/mol. The van der Waals surface area contributed by atoms with Gasteiger partial charge in [0.05, 0.1) is 16.3 Å². The molecule has 1 atom stereocenters. The number of nitrogens with zero attached hydrogens (tertiary/aromatic N) is 2. The van der Waals surface area contributed by atoms with Crippen LogP contribution in [0, 0.1) is 0 Å². The molecule has 0 aliphatic heterocycles. The minimum Gasteiger partial charge on any atom is -0.422 e. The molecule has 0 unspecified atom stereocenters. The Hall–Kier alpha value is -2.99. The summed E-state index contributed by atoms with van der Waals surface area (Å²) in [6.45, 7) is 1.90. The van der Waals surface area contributed by atoms with Gasteiger partial charge >= 0.3 is 5.63 Å². The summed E-state index contributed by atoms with van der Waals surface area (Å²) >= 11 is 1.55. The van der Waals surface area contributed by atoms with Gasteiger partial charge in [-0.1, -0.05) is 30.3 Å². The Bertz CT molecular complexity index is 1150. The first-order chi connectivity index (χ1) is 12.5. The monoisotopic (exact) mass is 364 g/mol. The average molecular weight is 364 g/mol. The maximum atomic E-state index is 12.9. The minimum absolute atomic E-state index is 0.0270. The number of thiazole rings is 1. The molecule has 6 heteroatoms. The number of para-hydroxylation sites is 2. The summed E-state index contributed by atoms with van der Waals surface area (Å²) < 4.78 is 6.35. The number of hydrogen-bond donors (Lipinski definition) is 0. The number of fused-ring (bicyclic) bond motifs is 2. The smallest absolute Gasteiger partial charge is 0.349 e. The van der Waals surface area contributed by atoms with Crippen LogP contribution in [0.3, 0.4) is 0 Å². The molecule has 0 saturated carbocycles. The highest BCUT2D eigenvalue weighted by Crippen LogP contribution is 2.29. The lowest BCUT2D eigenvalue weighted by atomic mass is 10.1. The lowest BCUT2D eigenvalue weighted by Crippen LogP contribution is -2.32. The summed E-state index contributed by atoms with van der Waals surface area (Å²) in [6.07, 6.45) is 0. The van der Waals surface area contributed by atoms with Crippen molar-refractivity contribution >= 4 is 38.4 Å². The molecule has 2 aromatic heterocycles. The van der Waals surface area contributed by atoms with Gasteiger partial charge < -0.3 is 9.32 Å². The Morgan fingerprint density at radius 3 is 2.69 bits per heavy atom. The van der Waals surface area contributed by atoms with Gasteiger partial charge in [0, 0.05) is 12.4 Å². The van der Waals surface area contributed by atoms with Crippen LogP contribution in [-0.4, -0.2) is 22.8 Å². The number of hydrogen-bond acceptors (Lipinski definition) is 5. The van der Waals surface area contributed by atoms with E-state index in [2.05, 4.69) is 4.98 Å². The highest BCUT2D eigenvalue weighted by atomic mass is 32.1. The zero-order chi connectivity index (χ0) is 18.3. The standard InChI is InChI=1S/C20H16N2O3S/c1-12(18-21-15-8-4-6-10-17(15)26-18)22(2)19(23)14-11-13-7-3-5-9-16(13)25-20(14)24/h3-12H,1-2H3/t12-/m0/s1. The van der Waals surface area contributed by atoms with E-state index < -0.39 is 5.63 Å². The van der Waals surface area contributed by atoms with E-state index in [-0.39, 0.29) is 17.5 Å². The van der Waals surface area contributed by atoms with Gasteiger partial charge in [-0.15, -0.1) is 11.3 Å². The van der Waals surface area contributed by atoms with Gasteiger partial charge in [0.25, 0.3) is 5.91 Å². The fraction of sp³-hybridized carbons (Fsp3) is 0.150. The summed E-state index contributed by atoms with van der Waals surface area (Å²) in [5.74, 6) is -0.378. The summed E-state index contributed by atoms with van der Waals surface area (Å²) in [4.78, 5) is 31.3. The fourth-order valence-corrected chi connectivity index (χ4v) is 3.87. The van der Waals surface area contributed by atoms with E-state index in [1.807, 2.05) is 43.3 Å². The molecule has 0 spiro atoms. The number of carbonyl (C=O) groups excluding carboxylic acids is 1. The van der Waals surface area contributed by atoms with Crippen LogP contribution in [0.2, 0.25) is 0 Å². The van der Waals surface area contributed by atoms with Crippen molar-refractivity contribution < 1.29 is 9.21 Å². The largest absolute Gasteiger partial charge is 0.422 e. The third-order valence-electron chi connectivity index (χ3n) is 4.44. The molecule has 4 rings (SSSR count). The summed E-state index contributed by atoms with van der Waals surface area (Å²) in [5.41, 5.74) is 0.776. The number of rotatable bonds is 3. The lowest BCUT2D eigenvalue weighted by molar-refractivity contribution is 0.0738. The fourth-order valence-electron chi connectivity index (χ4n) is 2.81. The SMILES string of the molecule is C[C@@H](c1nc2ccccc2s1)N(C)C(=O)c1cc2ccccc2oc1=O. The first-order valence-corrected chi connectivity index (χ1v) is 9.02. The average Bonchev–Trinajstić information content (AvgIpc) is 3.10. The third-order valence-corrected chi connectivity index (χ3v) is 5.65. The number of carbonyl (C=O) groups is 1. The van der Waals surface area contributed by atoms with Crippen LogP contribution in [0.25, 0.3) is 21.2 Å². The van der Waals surface area contributed by atoms with Gasteiger partial charge in [-0.25, -0.2) is 9.78 Å². The summed E-state index contributed by atoms with van der Waals surface area (Å²) in [5, 5.41) is 1.55. The molecular formula is C20H16N2O3S. The maximum Gasteiger partial charge on any atom is 0.349 e. The summed E-state index contributed by atoms with van der Waals surface area (Å²) in [7, 11) is 1.67. The summed E-state index contributed by atoms with van der Waals surface area (Å²) in [6, 6.07) is 16.3. The van der Waals surface area contributed by atoms with Gasteiger partial charge in [0.2, 0.25) is 0 Å². The molecule has 26 heavy (non-hydrogen) atoms. The van der Waals surface area contributed by atoms with Crippen molar-refractivity contribution in [3.63, 3.8) is 0 Å². The molecule has 4 aromatic rings. The van der Waals surface area contributed by atoms with E-state index in [1.54, 1.807) is 36.6 Å². The molecule has 0 saturated heterocycles. The predicted octanol–water partition coefficient (Wildman–Crippen LogP) is 4.24. The van der Waals surface area contributed by atoms with E-state index in [4.69, 9.17) is 4.42 Å². The van der Waals surface area contributed by atoms with Crippen molar-refractivity contribution in [2.45, 2.75) is 13.0 Å². The first-order valence-electron chi connectivity index (χ1n) is 8.20. The molecule has 0 radical (unpaired) electrons. The zero-order valence-electron chi connectivity index (χ0n) is 14.3. The number of benzene rings is 2. The van der Waals surface area contributed by atoms with Gasteiger partial charge in [0.1, 0.15) is 16.2 Å². The van der Waals surface area contributed by atoms with Crippen molar-refractivity contribution in [2.75, 3.05) is 7.05 Å². The van der Waals surface area contributed by atoms with Crippen LogP contribution in [0.4, 0.5) is 0 Å². The molecule has 0 bridgehead atoms. The van der Waals surface area contributed by atoms with Gasteiger partial charge in [0.15, 0.2) is 0 Å². The third kappa shape index (κ3) is 2.78. The maximum absolute atomic E-state index is 12.9. The minimum atomic E-state index is -0.628. The van der Waals surface area contributed by atoms with Crippen LogP contribution < -0.4 is 5.63 Å². The van der Waals surface area contributed by atoms with Crippen LogP contribution in [-0.2, 0) is 0 Å². The van der Waals surface area contributed by atoms with E-state index in [1.165, 1.54) is 4.90 Å². The normalized spacial score (nSPS) is 12.4. The molecule has 130 valence electrons. The van der Waals surface area contributed by atoms with E-state index >= 15 is 0 Å². The molecule has 5 nitrogen and oxygen atoms in total. The molecule has 0 aliphatic carbocycles. The second-order valence-corrected chi connectivity index (χ2v) is 7.16. The molecule has 0 fully saturated rings. The number of aromatic nitrogens is 1. The van der Waals surface area contributed by atoms with E-state index in [9.17, 15) is 9.59 Å². The van der Waals surface area contributed by atoms with Crippen LogP contribution in [0.1, 0.15) is 28.3 Å². The topological polar surface area (TPSA) is 63.4 Å². The van der Waals surface area contributed by atoms with Crippen molar-refractivity contribution in [2.24, 2.45) is 0 Å². The second kappa shape index (κ2) is 6.38. The number of amides is 1. The lowest BCUT2D eigenvalue weighted by Gasteiger charge is -2.22. The van der Waals surface area contributed by atoms with Crippen LogP contribution >= 0.6 is 11.3 Å². The molecule has 0 aliphatic rings. The highest BCUT2D eigenvalue weighted by Gasteiger charge is 2.24. The van der Waals surface area contributed by atoms with E-state index in [0.717, 1.165) is 20.6 Å². The Labute approximate surface area is 153 Å².